The molecule has 0 fully saturated rings. The number of hydrogen-bond acceptors (Lipinski definition) is 3. The van der Waals surface area contributed by atoms with E-state index in [0.29, 0.717) is 17.3 Å². The maximum atomic E-state index is 13.0. The van der Waals surface area contributed by atoms with Gasteiger partial charge in [0.05, 0.1) is 17.9 Å². The van der Waals surface area contributed by atoms with Crippen LogP contribution in [0.3, 0.4) is 0 Å². The second kappa shape index (κ2) is 10.2. The predicted molar refractivity (Wildman–Crippen MR) is 134 cm³/mol. The minimum absolute atomic E-state index is 0. The fourth-order valence-electron chi connectivity index (χ4n) is 3.36. The number of halogens is 2. The Morgan fingerprint density at radius 3 is 2.38 bits per heavy atom. The molecule has 7 heteroatoms. The highest BCUT2D eigenvalue weighted by atomic mass is 35.5. The average Bonchev–Trinajstić information content (AvgIpc) is 3.03. The Labute approximate surface area is 200 Å². The Kier molecular flexibility index (Phi) is 8.14. The van der Waals surface area contributed by atoms with Crippen LogP contribution >= 0.6 is 24.0 Å². The van der Waals surface area contributed by atoms with Gasteiger partial charge in [-0.3, -0.25) is 4.79 Å². The molecule has 2 aromatic carbocycles. The first-order valence-corrected chi connectivity index (χ1v) is 10.5. The van der Waals surface area contributed by atoms with Crippen LogP contribution in [0.2, 0.25) is 5.02 Å². The monoisotopic (exact) mass is 470 g/mol. The van der Waals surface area contributed by atoms with Crippen molar-refractivity contribution in [1.29, 1.82) is 0 Å². The van der Waals surface area contributed by atoms with Crippen LogP contribution in [0, 0.1) is 25.7 Å². The van der Waals surface area contributed by atoms with Crippen LogP contribution in [0.5, 0.6) is 0 Å². The molecule has 1 heterocycles. The molecular weight excluding hydrogens is 443 g/mol. The molecule has 168 valence electrons. The summed E-state index contributed by atoms with van der Waals surface area (Å²) in [5, 5.41) is 8.39. The van der Waals surface area contributed by atoms with Crippen LogP contribution in [-0.2, 0) is 0 Å². The topological polar surface area (TPSA) is 72.9 Å². The normalized spacial score (nSPS) is 10.7. The largest absolute Gasteiger partial charge is 0.346 e. The van der Waals surface area contributed by atoms with E-state index in [2.05, 4.69) is 17.2 Å². The van der Waals surface area contributed by atoms with Gasteiger partial charge in [-0.05, 0) is 70.5 Å². The van der Waals surface area contributed by atoms with E-state index < -0.39 is 0 Å². The molecule has 0 spiro atoms. The van der Waals surface area contributed by atoms with E-state index in [-0.39, 0.29) is 23.9 Å². The maximum Gasteiger partial charge on any atom is 0.272 e. The lowest BCUT2D eigenvalue weighted by molar-refractivity contribution is 0.0913. The maximum absolute atomic E-state index is 13.0. The fourth-order valence-corrected chi connectivity index (χ4v) is 3.48. The molecule has 32 heavy (non-hydrogen) atoms. The molecule has 0 saturated heterocycles. The van der Waals surface area contributed by atoms with Gasteiger partial charge in [-0.1, -0.05) is 35.6 Å². The van der Waals surface area contributed by atoms with E-state index in [0.717, 1.165) is 33.6 Å². The highest BCUT2D eigenvalue weighted by molar-refractivity contribution is 6.30. The Bertz CT molecular complexity index is 1180. The summed E-state index contributed by atoms with van der Waals surface area (Å²) in [7, 11) is 0. The van der Waals surface area contributed by atoms with Gasteiger partial charge in [0.2, 0.25) is 0 Å². The smallest absolute Gasteiger partial charge is 0.272 e. The Morgan fingerprint density at radius 2 is 1.81 bits per heavy atom. The third kappa shape index (κ3) is 5.72. The van der Waals surface area contributed by atoms with E-state index in [4.69, 9.17) is 22.4 Å². The molecule has 0 aliphatic rings. The molecule has 0 saturated carbocycles. The molecule has 3 rings (SSSR count). The van der Waals surface area contributed by atoms with Crippen molar-refractivity contribution in [1.82, 2.24) is 15.1 Å². The third-order valence-corrected chi connectivity index (χ3v) is 4.96. The fraction of sp³-hybridized carbons (Fsp3) is 0.280. The van der Waals surface area contributed by atoms with Crippen molar-refractivity contribution < 1.29 is 4.79 Å². The van der Waals surface area contributed by atoms with Gasteiger partial charge in [0, 0.05) is 27.3 Å². The van der Waals surface area contributed by atoms with Gasteiger partial charge < -0.3 is 11.1 Å². The van der Waals surface area contributed by atoms with Gasteiger partial charge in [-0.15, -0.1) is 12.4 Å². The van der Waals surface area contributed by atoms with Gasteiger partial charge in [-0.25, -0.2) is 4.68 Å². The van der Waals surface area contributed by atoms with Gasteiger partial charge in [0.15, 0.2) is 5.69 Å². The van der Waals surface area contributed by atoms with Crippen LogP contribution in [-0.4, -0.2) is 27.8 Å². The number of rotatable bonds is 3. The van der Waals surface area contributed by atoms with Gasteiger partial charge in [-0.2, -0.15) is 5.10 Å². The molecule has 0 atom stereocenters. The number of nitrogens with two attached hydrogens (primary N) is 1. The van der Waals surface area contributed by atoms with Crippen molar-refractivity contribution in [3.8, 4) is 28.8 Å². The zero-order valence-electron chi connectivity index (χ0n) is 18.9. The van der Waals surface area contributed by atoms with E-state index >= 15 is 0 Å². The quantitative estimate of drug-likeness (QED) is 0.524. The molecular formula is C25H28Cl2N4O. The Hall–Kier alpha value is -2.78. The Morgan fingerprint density at radius 1 is 1.16 bits per heavy atom. The molecule has 0 aliphatic heterocycles. The average molecular weight is 471 g/mol. The van der Waals surface area contributed by atoms with E-state index in [1.54, 1.807) is 0 Å². The first-order valence-electron chi connectivity index (χ1n) is 10.1. The summed E-state index contributed by atoms with van der Waals surface area (Å²) in [6, 6.07) is 13.4. The van der Waals surface area contributed by atoms with Gasteiger partial charge in [0.1, 0.15) is 0 Å². The number of nitrogens with one attached hydrogen (secondary N) is 1. The SMILES string of the molecule is Cc1cc(C#CCN)ccc1-n1nc(C(=O)NC(C)(C)C)c(C)c1-c1ccc(Cl)cc1.Cl. The van der Waals surface area contributed by atoms with Crippen molar-refractivity contribution in [2.24, 2.45) is 5.73 Å². The second-order valence-electron chi connectivity index (χ2n) is 8.45. The molecule has 0 bridgehead atoms. The number of carbonyl (C=O) groups is 1. The van der Waals surface area contributed by atoms with Crippen LogP contribution in [0.4, 0.5) is 0 Å². The van der Waals surface area contributed by atoms with Gasteiger partial charge >= 0.3 is 0 Å². The summed E-state index contributed by atoms with van der Waals surface area (Å²) >= 11 is 6.10. The zero-order chi connectivity index (χ0) is 22.8. The molecule has 1 aromatic heterocycles. The molecule has 3 N–H and O–H groups in total. The summed E-state index contributed by atoms with van der Waals surface area (Å²) in [6.07, 6.45) is 0. The summed E-state index contributed by atoms with van der Waals surface area (Å²) in [5.74, 6) is 5.72. The van der Waals surface area contributed by atoms with Crippen LogP contribution in [0.25, 0.3) is 16.9 Å². The van der Waals surface area contributed by atoms with Crippen molar-refractivity contribution in [2.75, 3.05) is 6.54 Å². The lowest BCUT2D eigenvalue weighted by atomic mass is 10.0. The number of amides is 1. The third-order valence-electron chi connectivity index (χ3n) is 4.70. The highest BCUT2D eigenvalue weighted by Gasteiger charge is 2.25. The first-order chi connectivity index (χ1) is 14.6. The lowest BCUT2D eigenvalue weighted by Gasteiger charge is -2.19. The molecule has 5 nitrogen and oxygen atoms in total. The molecule has 1 amide bonds. The predicted octanol–water partition coefficient (Wildman–Crippen LogP) is 5.07. The molecule has 0 radical (unpaired) electrons. The van der Waals surface area contributed by atoms with Crippen LogP contribution in [0.15, 0.2) is 42.5 Å². The zero-order valence-corrected chi connectivity index (χ0v) is 20.5. The summed E-state index contributed by atoms with van der Waals surface area (Å²) in [4.78, 5) is 13.0. The number of benzene rings is 2. The first kappa shape index (κ1) is 25.5. The molecule has 0 unspecified atom stereocenters. The van der Waals surface area contributed by atoms with E-state index in [1.807, 2.05) is 81.8 Å². The number of hydrogen-bond donors (Lipinski definition) is 2. The van der Waals surface area contributed by atoms with Crippen molar-refractivity contribution >= 4 is 29.9 Å². The number of carbonyl (C=O) groups excluding carboxylic acids is 1. The standard InChI is InChI=1S/C25H27ClN4O.ClH/c1-16-15-18(7-6-14-27)8-13-21(16)30-23(19-9-11-20(26)12-10-19)17(2)22(29-30)24(31)28-25(3,4)5;/h8-13,15H,14,27H2,1-5H3,(H,28,31);1H. The van der Waals surface area contributed by atoms with E-state index in [9.17, 15) is 4.79 Å². The van der Waals surface area contributed by atoms with Gasteiger partial charge in [0.25, 0.3) is 5.91 Å². The number of aryl methyl sites for hydroxylation is 1. The molecule has 3 aromatic rings. The number of nitrogens with zero attached hydrogens (tertiary/aromatic N) is 2. The van der Waals surface area contributed by atoms with E-state index in [1.165, 1.54) is 0 Å². The minimum atomic E-state index is -0.368. The van der Waals surface area contributed by atoms with Crippen molar-refractivity contribution in [3.63, 3.8) is 0 Å². The second-order valence-corrected chi connectivity index (χ2v) is 8.89. The van der Waals surface area contributed by atoms with Crippen LogP contribution < -0.4 is 11.1 Å². The summed E-state index contributed by atoms with van der Waals surface area (Å²) in [5.41, 5.74) is 10.8. The summed E-state index contributed by atoms with van der Waals surface area (Å²) < 4.78 is 1.83. The van der Waals surface area contributed by atoms with Crippen molar-refractivity contribution in [3.05, 3.63) is 69.9 Å². The van der Waals surface area contributed by atoms with Crippen molar-refractivity contribution in [2.45, 2.75) is 40.2 Å². The molecule has 0 aliphatic carbocycles. The number of aromatic nitrogens is 2. The minimum Gasteiger partial charge on any atom is -0.346 e. The Balaban J connectivity index is 0.00000363. The highest BCUT2D eigenvalue weighted by Crippen LogP contribution is 2.31. The lowest BCUT2D eigenvalue weighted by Crippen LogP contribution is -2.41. The van der Waals surface area contributed by atoms with Crippen LogP contribution in [0.1, 0.15) is 48.0 Å². The summed E-state index contributed by atoms with van der Waals surface area (Å²) in [6.45, 7) is 10.1.